The van der Waals surface area contributed by atoms with Crippen LogP contribution >= 0.6 is 23.1 Å². The summed E-state index contributed by atoms with van der Waals surface area (Å²) in [5.41, 5.74) is 1.53. The van der Waals surface area contributed by atoms with Crippen LogP contribution in [0.15, 0.2) is 39.6 Å². The highest BCUT2D eigenvalue weighted by atomic mass is 32.2. The average molecular weight is 336 g/mol. The molecule has 3 aromatic rings. The summed E-state index contributed by atoms with van der Waals surface area (Å²) in [6, 6.07) is 7.54. The van der Waals surface area contributed by atoms with Crippen molar-refractivity contribution in [2.75, 3.05) is 19.5 Å². The number of aromatic amines is 1. The van der Waals surface area contributed by atoms with Crippen LogP contribution in [0.25, 0.3) is 21.3 Å². The van der Waals surface area contributed by atoms with Gasteiger partial charge in [-0.1, -0.05) is 23.9 Å². The summed E-state index contributed by atoms with van der Waals surface area (Å²) in [7, 11) is 1.60. The third-order valence-corrected chi connectivity index (χ3v) is 4.82. The van der Waals surface area contributed by atoms with Gasteiger partial charge in [0, 0.05) is 16.7 Å². The van der Waals surface area contributed by atoms with Gasteiger partial charge < -0.3 is 9.72 Å². The molecular weight excluding hydrogens is 323 g/mol. The predicted molar refractivity (Wildman–Crippen MR) is 88.9 cm³/mol. The summed E-state index contributed by atoms with van der Waals surface area (Å²) >= 11 is 2.61. The average Bonchev–Trinajstić information content (AvgIpc) is 2.97. The molecular formula is C15H13FN2O2S2. The van der Waals surface area contributed by atoms with Crippen LogP contribution in [0.2, 0.25) is 0 Å². The van der Waals surface area contributed by atoms with Crippen molar-refractivity contribution in [3.63, 3.8) is 0 Å². The zero-order valence-corrected chi connectivity index (χ0v) is 13.4. The van der Waals surface area contributed by atoms with Gasteiger partial charge in [-0.3, -0.25) is 9.18 Å². The van der Waals surface area contributed by atoms with Crippen LogP contribution in [0.5, 0.6) is 5.75 Å². The van der Waals surface area contributed by atoms with E-state index in [-0.39, 0.29) is 11.3 Å². The van der Waals surface area contributed by atoms with Crippen LogP contribution in [0.1, 0.15) is 0 Å². The lowest BCUT2D eigenvalue weighted by Crippen LogP contribution is -2.08. The molecule has 0 radical (unpaired) electrons. The topological polar surface area (TPSA) is 55.0 Å². The molecule has 0 atom stereocenters. The number of nitrogens with one attached hydrogen (secondary N) is 1. The summed E-state index contributed by atoms with van der Waals surface area (Å²) < 4.78 is 17.5. The van der Waals surface area contributed by atoms with E-state index in [1.165, 1.54) is 23.1 Å². The van der Waals surface area contributed by atoms with Crippen molar-refractivity contribution in [3.8, 4) is 16.9 Å². The number of nitrogens with zero attached hydrogens (tertiary/aromatic N) is 1. The van der Waals surface area contributed by atoms with Gasteiger partial charge in [0.25, 0.3) is 5.56 Å². The number of H-pyrrole nitrogens is 1. The largest absolute Gasteiger partial charge is 0.497 e. The Morgan fingerprint density at radius 1 is 1.45 bits per heavy atom. The number of alkyl halides is 1. The Labute approximate surface area is 134 Å². The van der Waals surface area contributed by atoms with E-state index in [1.807, 2.05) is 29.6 Å². The molecule has 1 aromatic carbocycles. The van der Waals surface area contributed by atoms with Crippen LogP contribution in [0, 0.1) is 0 Å². The van der Waals surface area contributed by atoms with Gasteiger partial charge in [-0.05, 0) is 17.7 Å². The number of halogens is 1. The summed E-state index contributed by atoms with van der Waals surface area (Å²) in [6.07, 6.45) is 0. The van der Waals surface area contributed by atoms with Gasteiger partial charge in [0.1, 0.15) is 10.6 Å². The molecule has 0 saturated heterocycles. The maximum Gasteiger partial charge on any atom is 0.260 e. The van der Waals surface area contributed by atoms with E-state index in [0.717, 1.165) is 16.9 Å². The molecule has 22 heavy (non-hydrogen) atoms. The maximum absolute atomic E-state index is 12.3. The molecule has 1 N–H and O–H groups in total. The number of thiophene rings is 1. The molecule has 2 aromatic heterocycles. The van der Waals surface area contributed by atoms with Crippen LogP contribution in [-0.2, 0) is 0 Å². The van der Waals surface area contributed by atoms with E-state index in [4.69, 9.17) is 4.74 Å². The lowest BCUT2D eigenvalue weighted by molar-refractivity contribution is 0.415. The molecule has 2 heterocycles. The SMILES string of the molecule is COc1cccc(-c2csc3nc(SCCF)[nH]c(=O)c23)c1. The molecule has 7 heteroatoms. The van der Waals surface area contributed by atoms with E-state index in [2.05, 4.69) is 9.97 Å². The number of aromatic nitrogens is 2. The molecule has 0 unspecified atom stereocenters. The Bertz CT molecular complexity index is 860. The lowest BCUT2D eigenvalue weighted by Gasteiger charge is -2.04. The van der Waals surface area contributed by atoms with Crippen molar-refractivity contribution in [1.29, 1.82) is 0 Å². The van der Waals surface area contributed by atoms with Crippen LogP contribution in [0.3, 0.4) is 0 Å². The fourth-order valence-corrected chi connectivity index (χ4v) is 3.73. The highest BCUT2D eigenvalue weighted by molar-refractivity contribution is 7.99. The quantitative estimate of drug-likeness (QED) is 0.570. The molecule has 0 bridgehead atoms. The smallest absolute Gasteiger partial charge is 0.260 e. The van der Waals surface area contributed by atoms with Crippen molar-refractivity contribution < 1.29 is 9.13 Å². The Morgan fingerprint density at radius 2 is 2.32 bits per heavy atom. The van der Waals surface area contributed by atoms with Gasteiger partial charge in [-0.2, -0.15) is 0 Å². The van der Waals surface area contributed by atoms with Gasteiger partial charge in [0.2, 0.25) is 0 Å². The van der Waals surface area contributed by atoms with Crippen LogP contribution < -0.4 is 10.3 Å². The van der Waals surface area contributed by atoms with Gasteiger partial charge in [-0.25, -0.2) is 4.98 Å². The molecule has 0 spiro atoms. The summed E-state index contributed by atoms with van der Waals surface area (Å²) in [6.45, 7) is -0.452. The van der Waals surface area contributed by atoms with E-state index < -0.39 is 6.67 Å². The number of hydrogen-bond donors (Lipinski definition) is 1. The fourth-order valence-electron chi connectivity index (χ4n) is 2.14. The lowest BCUT2D eigenvalue weighted by atomic mass is 10.1. The molecule has 0 aliphatic heterocycles. The van der Waals surface area contributed by atoms with Crippen LogP contribution in [0.4, 0.5) is 4.39 Å². The Hall–Kier alpha value is -1.86. The fraction of sp³-hybridized carbons (Fsp3) is 0.200. The van der Waals surface area contributed by atoms with Crippen molar-refractivity contribution in [3.05, 3.63) is 40.0 Å². The molecule has 4 nitrogen and oxygen atoms in total. The van der Waals surface area contributed by atoms with Crippen molar-refractivity contribution in [2.24, 2.45) is 0 Å². The highest BCUT2D eigenvalue weighted by Crippen LogP contribution is 2.33. The normalized spacial score (nSPS) is 11.0. The van der Waals surface area contributed by atoms with E-state index in [0.29, 0.717) is 15.4 Å². The minimum Gasteiger partial charge on any atom is -0.497 e. The second-order valence-electron chi connectivity index (χ2n) is 4.47. The van der Waals surface area contributed by atoms with E-state index in [9.17, 15) is 9.18 Å². The number of ether oxygens (including phenoxy) is 1. The summed E-state index contributed by atoms with van der Waals surface area (Å²) in [5.74, 6) is 1.01. The Kier molecular flexibility index (Phi) is 4.44. The second kappa shape index (κ2) is 6.50. The second-order valence-corrected chi connectivity index (χ2v) is 6.41. The number of benzene rings is 1. The molecule has 0 aliphatic carbocycles. The minimum absolute atomic E-state index is 0.203. The number of thioether (sulfide) groups is 1. The number of hydrogen-bond acceptors (Lipinski definition) is 5. The third kappa shape index (κ3) is 2.86. The highest BCUT2D eigenvalue weighted by Gasteiger charge is 2.13. The first kappa shape index (κ1) is 15.1. The maximum atomic E-state index is 12.3. The van der Waals surface area contributed by atoms with Gasteiger partial charge >= 0.3 is 0 Å². The Morgan fingerprint density at radius 3 is 3.09 bits per heavy atom. The van der Waals surface area contributed by atoms with Gasteiger partial charge in [0.15, 0.2) is 5.16 Å². The molecule has 3 rings (SSSR count). The van der Waals surface area contributed by atoms with Gasteiger partial charge in [0.05, 0.1) is 19.2 Å². The van der Waals surface area contributed by atoms with E-state index in [1.54, 1.807) is 7.11 Å². The first-order valence-electron chi connectivity index (χ1n) is 6.57. The monoisotopic (exact) mass is 336 g/mol. The van der Waals surface area contributed by atoms with Crippen molar-refractivity contribution in [1.82, 2.24) is 9.97 Å². The zero-order valence-electron chi connectivity index (χ0n) is 11.8. The number of methoxy groups -OCH3 is 1. The van der Waals surface area contributed by atoms with Crippen molar-refractivity contribution >= 4 is 33.3 Å². The molecule has 114 valence electrons. The van der Waals surface area contributed by atoms with Gasteiger partial charge in [-0.15, -0.1) is 11.3 Å². The number of rotatable bonds is 5. The Balaban J connectivity index is 2.10. The van der Waals surface area contributed by atoms with Crippen LogP contribution in [-0.4, -0.2) is 29.5 Å². The first-order chi connectivity index (χ1) is 10.7. The first-order valence-corrected chi connectivity index (χ1v) is 8.44. The third-order valence-electron chi connectivity index (χ3n) is 3.12. The standard InChI is InChI=1S/C15H13FN2O2S2/c1-20-10-4-2-3-9(7-10)11-8-22-14-12(11)13(19)17-15(18-14)21-6-5-16/h2-4,7-8H,5-6H2,1H3,(H,17,18,19). The zero-order chi connectivity index (χ0) is 15.5. The van der Waals surface area contributed by atoms with Crippen molar-refractivity contribution in [2.45, 2.75) is 5.16 Å². The predicted octanol–water partition coefficient (Wildman–Crippen LogP) is 3.72. The molecule has 0 aliphatic rings. The van der Waals surface area contributed by atoms with E-state index >= 15 is 0 Å². The molecule has 0 fully saturated rings. The summed E-state index contributed by atoms with van der Waals surface area (Å²) in [5, 5.41) is 2.92. The summed E-state index contributed by atoms with van der Waals surface area (Å²) in [4.78, 5) is 20.1. The molecule has 0 saturated carbocycles. The molecule has 0 amide bonds. The number of fused-ring (bicyclic) bond motifs is 1. The minimum atomic E-state index is -0.452.